The highest BCUT2D eigenvalue weighted by Gasteiger charge is 1.95. The largest absolute Gasteiger partial charge is 0.458 e. The summed E-state index contributed by atoms with van der Waals surface area (Å²) in [5.41, 5.74) is 1.21. The topological polar surface area (TPSA) is 9.23 Å². The van der Waals surface area contributed by atoms with Crippen LogP contribution in [0.5, 0.6) is 5.75 Å². The molecule has 0 heterocycles. The molecule has 0 bridgehead atoms. The summed E-state index contributed by atoms with van der Waals surface area (Å²) in [5.74, 6) is 1.76. The molecule has 0 unspecified atom stereocenters. The Labute approximate surface area is 85.7 Å². The van der Waals surface area contributed by atoms with E-state index in [1.54, 1.807) is 0 Å². The molecule has 0 amide bonds. The van der Waals surface area contributed by atoms with Crippen LogP contribution in [-0.4, -0.2) is 0 Å². The summed E-state index contributed by atoms with van der Waals surface area (Å²) in [6.45, 7) is 5.99. The molecule has 0 N–H and O–H groups in total. The van der Waals surface area contributed by atoms with E-state index >= 15 is 0 Å². The van der Waals surface area contributed by atoms with E-state index in [-0.39, 0.29) is 0 Å². The van der Waals surface area contributed by atoms with E-state index in [1.807, 2.05) is 50.3 Å². The van der Waals surface area contributed by atoms with Gasteiger partial charge in [-0.1, -0.05) is 18.2 Å². The summed E-state index contributed by atoms with van der Waals surface area (Å²) >= 11 is 0. The maximum Gasteiger partial charge on any atom is 0.127 e. The molecule has 1 aromatic rings. The zero-order valence-electron chi connectivity index (χ0n) is 8.95. The third-order valence-electron chi connectivity index (χ3n) is 1.84. The summed E-state index contributed by atoms with van der Waals surface area (Å²) in [5, 5.41) is 0. The second kappa shape index (κ2) is 5.28. The Morgan fingerprint density at radius 3 is 2.64 bits per heavy atom. The van der Waals surface area contributed by atoms with Crippen LogP contribution in [0, 0.1) is 6.92 Å². The molecular formula is C13H16O. The Balaban J connectivity index is 2.77. The van der Waals surface area contributed by atoms with Crippen LogP contribution in [0.1, 0.15) is 19.4 Å². The van der Waals surface area contributed by atoms with Crippen molar-refractivity contribution in [2.24, 2.45) is 0 Å². The fraction of sp³-hybridized carbons (Fsp3) is 0.231. The third-order valence-corrected chi connectivity index (χ3v) is 1.84. The van der Waals surface area contributed by atoms with Crippen LogP contribution in [-0.2, 0) is 0 Å². The van der Waals surface area contributed by atoms with Crippen LogP contribution in [0.3, 0.4) is 0 Å². The van der Waals surface area contributed by atoms with Crippen LogP contribution in [0.15, 0.2) is 48.3 Å². The molecule has 0 saturated heterocycles. The fourth-order valence-corrected chi connectivity index (χ4v) is 1.17. The first kappa shape index (κ1) is 10.6. The molecule has 0 aromatic heterocycles. The van der Waals surface area contributed by atoms with Gasteiger partial charge in [-0.05, 0) is 50.6 Å². The predicted molar refractivity (Wildman–Crippen MR) is 60.4 cm³/mol. The lowest BCUT2D eigenvalue weighted by atomic mass is 10.2. The van der Waals surface area contributed by atoms with Crippen molar-refractivity contribution < 1.29 is 4.74 Å². The van der Waals surface area contributed by atoms with Crippen LogP contribution >= 0.6 is 0 Å². The second-order valence-corrected chi connectivity index (χ2v) is 3.11. The second-order valence-electron chi connectivity index (χ2n) is 3.11. The fourth-order valence-electron chi connectivity index (χ4n) is 1.17. The van der Waals surface area contributed by atoms with Crippen molar-refractivity contribution in [3.8, 4) is 5.75 Å². The van der Waals surface area contributed by atoms with Gasteiger partial charge in [0.15, 0.2) is 0 Å². The Morgan fingerprint density at radius 2 is 2.07 bits per heavy atom. The van der Waals surface area contributed by atoms with Gasteiger partial charge in [-0.25, -0.2) is 0 Å². The number of benzene rings is 1. The lowest BCUT2D eigenvalue weighted by Crippen LogP contribution is -1.91. The molecule has 1 rings (SSSR count). The summed E-state index contributed by atoms with van der Waals surface area (Å²) in [6.07, 6.45) is 5.86. The molecule has 0 atom stereocenters. The van der Waals surface area contributed by atoms with Crippen molar-refractivity contribution >= 4 is 0 Å². The van der Waals surface area contributed by atoms with E-state index in [4.69, 9.17) is 4.74 Å². The van der Waals surface area contributed by atoms with Gasteiger partial charge in [-0.2, -0.15) is 0 Å². The van der Waals surface area contributed by atoms with Crippen LogP contribution in [0.4, 0.5) is 0 Å². The SMILES string of the molecule is CC=CC(=CC)Oc1cccc(C)c1. The minimum absolute atomic E-state index is 0.873. The maximum atomic E-state index is 5.66. The first-order chi connectivity index (χ1) is 6.76. The minimum atomic E-state index is 0.873. The Kier molecular flexibility index (Phi) is 3.99. The highest BCUT2D eigenvalue weighted by molar-refractivity contribution is 5.30. The number of allylic oxidation sites excluding steroid dienone is 3. The van der Waals surface area contributed by atoms with Crippen molar-refractivity contribution in [3.63, 3.8) is 0 Å². The average molecular weight is 188 g/mol. The smallest absolute Gasteiger partial charge is 0.127 e. The summed E-state index contributed by atoms with van der Waals surface area (Å²) in [6, 6.07) is 8.03. The van der Waals surface area contributed by atoms with E-state index in [1.165, 1.54) is 5.56 Å². The molecule has 0 aliphatic rings. The molecule has 1 nitrogen and oxygen atoms in total. The monoisotopic (exact) mass is 188 g/mol. The van der Waals surface area contributed by atoms with Gasteiger partial charge in [0.05, 0.1) is 0 Å². The zero-order chi connectivity index (χ0) is 10.4. The van der Waals surface area contributed by atoms with E-state index in [0.29, 0.717) is 0 Å². The minimum Gasteiger partial charge on any atom is -0.458 e. The molecule has 0 saturated carbocycles. The van der Waals surface area contributed by atoms with Crippen molar-refractivity contribution in [3.05, 3.63) is 53.8 Å². The van der Waals surface area contributed by atoms with Crippen LogP contribution in [0.2, 0.25) is 0 Å². The first-order valence-electron chi connectivity index (χ1n) is 4.79. The molecule has 0 radical (unpaired) electrons. The maximum absolute atomic E-state index is 5.66. The Morgan fingerprint density at radius 1 is 1.29 bits per heavy atom. The van der Waals surface area contributed by atoms with Crippen molar-refractivity contribution in [2.75, 3.05) is 0 Å². The molecule has 0 fully saturated rings. The van der Waals surface area contributed by atoms with Crippen LogP contribution in [0.25, 0.3) is 0 Å². The first-order valence-corrected chi connectivity index (χ1v) is 4.79. The van der Waals surface area contributed by atoms with Crippen molar-refractivity contribution in [1.29, 1.82) is 0 Å². The van der Waals surface area contributed by atoms with Gasteiger partial charge < -0.3 is 4.74 Å². The van der Waals surface area contributed by atoms with Gasteiger partial charge in [0, 0.05) is 0 Å². The van der Waals surface area contributed by atoms with Gasteiger partial charge in [-0.3, -0.25) is 0 Å². The number of aryl methyl sites for hydroxylation is 1. The van der Waals surface area contributed by atoms with Gasteiger partial charge in [-0.15, -0.1) is 0 Å². The number of rotatable bonds is 3. The lowest BCUT2D eigenvalue weighted by Gasteiger charge is -2.06. The molecule has 74 valence electrons. The van der Waals surface area contributed by atoms with Crippen molar-refractivity contribution in [1.82, 2.24) is 0 Å². The van der Waals surface area contributed by atoms with Crippen LogP contribution < -0.4 is 4.74 Å². The standard InChI is InChI=1S/C13H16O/c1-4-7-12(5-2)14-13-9-6-8-11(3)10-13/h4-10H,1-3H3. The van der Waals surface area contributed by atoms with Crippen molar-refractivity contribution in [2.45, 2.75) is 20.8 Å². The molecule has 0 spiro atoms. The van der Waals surface area contributed by atoms with Gasteiger partial charge in [0.1, 0.15) is 11.5 Å². The Hall–Kier alpha value is -1.50. The Bertz CT molecular complexity index is 348. The quantitative estimate of drug-likeness (QED) is 0.517. The van der Waals surface area contributed by atoms with E-state index in [9.17, 15) is 0 Å². The predicted octanol–water partition coefficient (Wildman–Crippen LogP) is 3.85. The number of hydrogen-bond acceptors (Lipinski definition) is 1. The normalized spacial score (nSPS) is 12.1. The molecule has 0 aliphatic carbocycles. The van der Waals surface area contributed by atoms with Gasteiger partial charge in [0.2, 0.25) is 0 Å². The van der Waals surface area contributed by atoms with E-state index < -0.39 is 0 Å². The van der Waals surface area contributed by atoms with Gasteiger partial charge >= 0.3 is 0 Å². The van der Waals surface area contributed by atoms with Gasteiger partial charge in [0.25, 0.3) is 0 Å². The molecule has 14 heavy (non-hydrogen) atoms. The average Bonchev–Trinajstić information content (AvgIpc) is 2.17. The summed E-state index contributed by atoms with van der Waals surface area (Å²) < 4.78 is 5.66. The van der Waals surface area contributed by atoms with E-state index in [2.05, 4.69) is 13.0 Å². The number of hydrogen-bond donors (Lipinski definition) is 0. The highest BCUT2D eigenvalue weighted by Crippen LogP contribution is 2.15. The zero-order valence-corrected chi connectivity index (χ0v) is 8.95. The lowest BCUT2D eigenvalue weighted by molar-refractivity contribution is 0.443. The van der Waals surface area contributed by atoms with E-state index in [0.717, 1.165) is 11.5 Å². The third kappa shape index (κ3) is 3.09. The number of ether oxygens (including phenoxy) is 1. The summed E-state index contributed by atoms with van der Waals surface area (Å²) in [7, 11) is 0. The molecule has 0 aliphatic heterocycles. The molecule has 1 aromatic carbocycles. The molecular weight excluding hydrogens is 172 g/mol. The highest BCUT2D eigenvalue weighted by atomic mass is 16.5. The summed E-state index contributed by atoms with van der Waals surface area (Å²) in [4.78, 5) is 0. The molecule has 1 heteroatoms.